The Bertz CT molecular complexity index is 783. The topological polar surface area (TPSA) is 49.4 Å². The molecular weight excluding hydrogens is 312 g/mol. The lowest BCUT2D eigenvalue weighted by atomic mass is 9.84. The van der Waals surface area contributed by atoms with E-state index < -0.39 is 0 Å². The number of carbonyl (C=O) groups excluding carboxylic acids is 2. The van der Waals surface area contributed by atoms with Crippen LogP contribution in [0.1, 0.15) is 32.8 Å². The summed E-state index contributed by atoms with van der Waals surface area (Å²) in [6.07, 6.45) is 2.62. The van der Waals surface area contributed by atoms with E-state index in [1.54, 1.807) is 6.92 Å². The van der Waals surface area contributed by atoms with Crippen molar-refractivity contribution in [3.05, 3.63) is 48.0 Å². The number of hydrogen-bond donors (Lipinski definition) is 1. The normalized spacial score (nSPS) is 19.2. The summed E-state index contributed by atoms with van der Waals surface area (Å²) in [5.74, 6) is 0.549. The second-order valence-corrected chi connectivity index (χ2v) is 6.73. The zero-order chi connectivity index (χ0) is 18.0. The number of nitrogens with one attached hydrogen (secondary N) is 1. The molecule has 1 unspecified atom stereocenters. The number of anilines is 2. The van der Waals surface area contributed by atoms with Gasteiger partial charge in [0.1, 0.15) is 0 Å². The molecule has 3 rings (SSSR count). The molecule has 1 heterocycles. The van der Waals surface area contributed by atoms with Gasteiger partial charge in [0.25, 0.3) is 0 Å². The number of rotatable bonds is 4. The van der Waals surface area contributed by atoms with Crippen LogP contribution < -0.4 is 10.2 Å². The molecule has 0 saturated heterocycles. The first-order valence-corrected chi connectivity index (χ1v) is 8.78. The van der Waals surface area contributed by atoms with E-state index in [-0.39, 0.29) is 11.9 Å². The number of carbonyl (C=O) groups is 2. The highest BCUT2D eigenvalue weighted by atomic mass is 16.2. The number of nitrogens with zero attached hydrogens (tertiary/aromatic N) is 1. The van der Waals surface area contributed by atoms with Crippen LogP contribution in [-0.4, -0.2) is 18.4 Å². The SMILES string of the molecule is CC[C@@H]1C(C)Cc2cc(-c3ccc(NC=O)cc3)ccc2N1C(C)=O. The quantitative estimate of drug-likeness (QED) is 0.849. The predicted molar refractivity (Wildman–Crippen MR) is 102 cm³/mol. The molecule has 1 N–H and O–H groups in total. The minimum atomic E-state index is 0.108. The Balaban J connectivity index is 1.98. The van der Waals surface area contributed by atoms with Crippen molar-refractivity contribution in [2.75, 3.05) is 10.2 Å². The Morgan fingerprint density at radius 3 is 2.48 bits per heavy atom. The summed E-state index contributed by atoms with van der Waals surface area (Å²) in [4.78, 5) is 24.7. The summed E-state index contributed by atoms with van der Waals surface area (Å²) < 4.78 is 0. The van der Waals surface area contributed by atoms with Crippen LogP contribution >= 0.6 is 0 Å². The van der Waals surface area contributed by atoms with Crippen molar-refractivity contribution in [2.24, 2.45) is 5.92 Å². The maximum Gasteiger partial charge on any atom is 0.224 e. The maximum atomic E-state index is 12.2. The van der Waals surface area contributed by atoms with Gasteiger partial charge in [-0.15, -0.1) is 0 Å². The number of hydrogen-bond acceptors (Lipinski definition) is 2. The highest BCUT2D eigenvalue weighted by Gasteiger charge is 2.32. The van der Waals surface area contributed by atoms with E-state index in [1.165, 1.54) is 5.56 Å². The zero-order valence-electron chi connectivity index (χ0n) is 15.0. The molecule has 130 valence electrons. The van der Waals surface area contributed by atoms with E-state index in [0.29, 0.717) is 12.3 Å². The standard InChI is InChI=1S/C21H24N2O2/c1-4-20-14(2)11-18-12-17(7-10-21(18)23(20)15(3)25)16-5-8-19(9-6-16)22-13-24/h5-10,12-14,20H,4,11H2,1-3H3,(H,22,24)/t14?,20-/m1/s1. The minimum absolute atomic E-state index is 0.108. The smallest absolute Gasteiger partial charge is 0.224 e. The fraction of sp³-hybridized carbons (Fsp3) is 0.333. The monoisotopic (exact) mass is 336 g/mol. The molecule has 0 fully saturated rings. The fourth-order valence-corrected chi connectivity index (χ4v) is 3.89. The van der Waals surface area contributed by atoms with Crippen LogP contribution in [0.2, 0.25) is 0 Å². The average molecular weight is 336 g/mol. The maximum absolute atomic E-state index is 12.2. The second-order valence-electron chi connectivity index (χ2n) is 6.73. The third kappa shape index (κ3) is 3.29. The van der Waals surface area contributed by atoms with Crippen LogP contribution in [0, 0.1) is 5.92 Å². The van der Waals surface area contributed by atoms with Crippen molar-refractivity contribution in [3.8, 4) is 11.1 Å². The number of benzene rings is 2. The van der Waals surface area contributed by atoms with E-state index in [0.717, 1.165) is 35.3 Å². The molecule has 2 aromatic rings. The fourth-order valence-electron chi connectivity index (χ4n) is 3.89. The van der Waals surface area contributed by atoms with E-state index in [4.69, 9.17) is 0 Å². The molecule has 0 radical (unpaired) electrons. The van der Waals surface area contributed by atoms with Gasteiger partial charge >= 0.3 is 0 Å². The molecule has 1 aliphatic rings. The van der Waals surface area contributed by atoms with Crippen molar-refractivity contribution >= 4 is 23.7 Å². The van der Waals surface area contributed by atoms with Crippen molar-refractivity contribution in [1.82, 2.24) is 0 Å². The van der Waals surface area contributed by atoms with Crippen LogP contribution in [0.4, 0.5) is 11.4 Å². The molecule has 2 amide bonds. The van der Waals surface area contributed by atoms with E-state index in [2.05, 4.69) is 37.4 Å². The van der Waals surface area contributed by atoms with Gasteiger partial charge in [0.15, 0.2) is 0 Å². The summed E-state index contributed by atoms with van der Waals surface area (Å²) in [5.41, 5.74) is 5.26. The summed E-state index contributed by atoms with van der Waals surface area (Å²) in [6, 6.07) is 14.4. The van der Waals surface area contributed by atoms with Gasteiger partial charge in [0, 0.05) is 24.3 Å². The van der Waals surface area contributed by atoms with Gasteiger partial charge in [-0.1, -0.05) is 32.0 Å². The Morgan fingerprint density at radius 2 is 1.88 bits per heavy atom. The highest BCUT2D eigenvalue weighted by Crippen LogP contribution is 2.37. The summed E-state index contributed by atoms with van der Waals surface area (Å²) >= 11 is 0. The Hall–Kier alpha value is -2.62. The Morgan fingerprint density at radius 1 is 1.20 bits per heavy atom. The molecule has 0 spiro atoms. The molecule has 4 heteroatoms. The summed E-state index contributed by atoms with van der Waals surface area (Å²) in [6.45, 7) is 6.02. The van der Waals surface area contributed by atoms with Gasteiger partial charge in [-0.2, -0.15) is 0 Å². The Labute approximate surface area is 148 Å². The van der Waals surface area contributed by atoms with E-state index in [1.807, 2.05) is 29.2 Å². The third-order valence-corrected chi connectivity index (χ3v) is 5.07. The third-order valence-electron chi connectivity index (χ3n) is 5.07. The Kier molecular flexibility index (Phi) is 4.88. The average Bonchev–Trinajstić information content (AvgIpc) is 2.60. The van der Waals surface area contributed by atoms with Crippen LogP contribution in [0.25, 0.3) is 11.1 Å². The van der Waals surface area contributed by atoms with Gasteiger partial charge in [-0.25, -0.2) is 0 Å². The highest BCUT2D eigenvalue weighted by molar-refractivity contribution is 5.94. The molecular formula is C21H24N2O2. The van der Waals surface area contributed by atoms with Crippen molar-refractivity contribution in [2.45, 2.75) is 39.7 Å². The lowest BCUT2D eigenvalue weighted by molar-refractivity contribution is -0.117. The largest absolute Gasteiger partial charge is 0.329 e. The van der Waals surface area contributed by atoms with Gasteiger partial charge in [0.05, 0.1) is 0 Å². The summed E-state index contributed by atoms with van der Waals surface area (Å²) in [7, 11) is 0. The van der Waals surface area contributed by atoms with Crippen LogP contribution in [0.15, 0.2) is 42.5 Å². The second kappa shape index (κ2) is 7.09. The molecule has 0 saturated carbocycles. The van der Waals surface area contributed by atoms with Crippen LogP contribution in [0.5, 0.6) is 0 Å². The van der Waals surface area contributed by atoms with Gasteiger partial charge in [-0.05, 0) is 59.7 Å². The first-order valence-electron chi connectivity index (χ1n) is 8.78. The van der Waals surface area contributed by atoms with Crippen molar-refractivity contribution < 1.29 is 9.59 Å². The molecule has 0 bridgehead atoms. The summed E-state index contributed by atoms with van der Waals surface area (Å²) in [5, 5.41) is 2.65. The molecule has 0 aliphatic carbocycles. The molecule has 1 aliphatic heterocycles. The number of fused-ring (bicyclic) bond motifs is 1. The van der Waals surface area contributed by atoms with E-state index in [9.17, 15) is 9.59 Å². The molecule has 2 atom stereocenters. The molecule has 2 aromatic carbocycles. The lowest BCUT2D eigenvalue weighted by Gasteiger charge is -2.40. The van der Waals surface area contributed by atoms with Gasteiger partial charge < -0.3 is 10.2 Å². The lowest BCUT2D eigenvalue weighted by Crippen LogP contribution is -2.46. The van der Waals surface area contributed by atoms with Crippen LogP contribution in [0.3, 0.4) is 0 Å². The van der Waals surface area contributed by atoms with Crippen molar-refractivity contribution in [1.29, 1.82) is 0 Å². The predicted octanol–water partition coefficient (Wildman–Crippen LogP) is 4.25. The van der Waals surface area contributed by atoms with Crippen LogP contribution in [-0.2, 0) is 16.0 Å². The molecule has 25 heavy (non-hydrogen) atoms. The molecule has 4 nitrogen and oxygen atoms in total. The first-order chi connectivity index (χ1) is 12.0. The zero-order valence-corrected chi connectivity index (χ0v) is 15.0. The minimum Gasteiger partial charge on any atom is -0.329 e. The van der Waals surface area contributed by atoms with E-state index >= 15 is 0 Å². The number of amides is 2. The van der Waals surface area contributed by atoms with Gasteiger partial charge in [-0.3, -0.25) is 9.59 Å². The van der Waals surface area contributed by atoms with Gasteiger partial charge in [0.2, 0.25) is 12.3 Å². The molecule has 0 aromatic heterocycles. The van der Waals surface area contributed by atoms with Crippen molar-refractivity contribution in [3.63, 3.8) is 0 Å². The first kappa shape index (κ1) is 17.2.